The maximum atomic E-state index is 11.1. The van der Waals surface area contributed by atoms with Gasteiger partial charge in [0.05, 0.1) is 23.0 Å². The predicted molar refractivity (Wildman–Crippen MR) is 52.6 cm³/mol. The summed E-state index contributed by atoms with van der Waals surface area (Å²) < 4.78 is 43.9. The van der Waals surface area contributed by atoms with E-state index in [0.717, 1.165) is 0 Å². The maximum Gasteiger partial charge on any atom is 0.153 e. The van der Waals surface area contributed by atoms with Crippen molar-refractivity contribution < 1.29 is 16.8 Å². The van der Waals surface area contributed by atoms with Crippen LogP contribution in [0.5, 0.6) is 0 Å². The maximum absolute atomic E-state index is 11.1. The molecule has 1 atom stereocenters. The Morgan fingerprint density at radius 3 is 1.86 bits per heavy atom. The van der Waals surface area contributed by atoms with E-state index < -0.39 is 19.7 Å². The van der Waals surface area contributed by atoms with E-state index in [0.29, 0.717) is 6.42 Å². The van der Waals surface area contributed by atoms with Crippen molar-refractivity contribution in [3.63, 3.8) is 0 Å². The number of rotatable bonds is 2. The van der Waals surface area contributed by atoms with Crippen molar-refractivity contribution in [3.05, 3.63) is 0 Å². The van der Waals surface area contributed by atoms with Crippen LogP contribution in [-0.4, -0.2) is 51.9 Å². The number of nitrogens with one attached hydrogen (secondary N) is 1. The van der Waals surface area contributed by atoms with Gasteiger partial charge in [-0.1, -0.05) is 0 Å². The Balaban J connectivity index is 1.84. The van der Waals surface area contributed by atoms with Gasteiger partial charge in [-0.15, -0.1) is 0 Å². The summed E-state index contributed by atoms with van der Waals surface area (Å²) in [7, 11) is -5.68. The van der Waals surface area contributed by atoms with E-state index >= 15 is 0 Å². The molecule has 2 saturated heterocycles. The van der Waals surface area contributed by atoms with Crippen molar-refractivity contribution >= 4 is 19.7 Å². The van der Waals surface area contributed by atoms with Gasteiger partial charge in [0.25, 0.3) is 0 Å². The van der Waals surface area contributed by atoms with E-state index in [-0.39, 0.29) is 35.1 Å². The molecule has 2 aliphatic heterocycles. The molecule has 2 aliphatic rings. The highest BCUT2D eigenvalue weighted by atomic mass is 32.2. The molecule has 0 amide bonds. The smallest absolute Gasteiger partial charge is 0.153 e. The zero-order valence-corrected chi connectivity index (χ0v) is 9.27. The molecule has 14 heavy (non-hydrogen) atoms. The van der Waals surface area contributed by atoms with Crippen molar-refractivity contribution in [2.24, 2.45) is 0 Å². The van der Waals surface area contributed by atoms with Crippen molar-refractivity contribution in [2.45, 2.75) is 18.5 Å². The van der Waals surface area contributed by atoms with Crippen LogP contribution in [-0.2, 0) is 19.7 Å². The third-order valence-corrected chi connectivity index (χ3v) is 6.20. The fourth-order valence-corrected chi connectivity index (χ4v) is 4.93. The highest BCUT2D eigenvalue weighted by Gasteiger charge is 2.37. The molecule has 2 heterocycles. The van der Waals surface area contributed by atoms with Gasteiger partial charge in [0, 0.05) is 12.1 Å². The van der Waals surface area contributed by atoms with Crippen molar-refractivity contribution in [1.29, 1.82) is 0 Å². The Labute approximate surface area is 83.7 Å². The summed E-state index contributed by atoms with van der Waals surface area (Å²) in [6, 6.07) is -0.0706. The van der Waals surface area contributed by atoms with Crippen LogP contribution >= 0.6 is 0 Å². The molecule has 1 N–H and O–H groups in total. The van der Waals surface area contributed by atoms with Crippen LogP contribution < -0.4 is 5.32 Å². The normalized spacial score (nSPS) is 35.3. The van der Waals surface area contributed by atoms with Crippen LogP contribution in [0.1, 0.15) is 6.42 Å². The van der Waals surface area contributed by atoms with E-state index in [1.807, 2.05) is 0 Å². The Morgan fingerprint density at radius 1 is 0.857 bits per heavy atom. The molecule has 0 spiro atoms. The zero-order chi connectivity index (χ0) is 10.4. The molecule has 0 aromatic rings. The Hall–Kier alpha value is -0.140. The highest BCUT2D eigenvalue weighted by Crippen LogP contribution is 2.16. The molecule has 5 nitrogen and oxygen atoms in total. The molecule has 0 bridgehead atoms. The van der Waals surface area contributed by atoms with Crippen LogP contribution in [0.15, 0.2) is 0 Å². The quantitative estimate of drug-likeness (QED) is 0.638. The second-order valence-corrected chi connectivity index (χ2v) is 8.42. The molecule has 82 valence electrons. The minimum atomic E-state index is -2.87. The molecule has 2 fully saturated rings. The molecule has 2 rings (SSSR count). The van der Waals surface area contributed by atoms with Gasteiger partial charge in [-0.3, -0.25) is 0 Å². The molecular weight excluding hydrogens is 226 g/mol. The number of hydrogen-bond acceptors (Lipinski definition) is 5. The molecule has 0 saturated carbocycles. The van der Waals surface area contributed by atoms with Gasteiger partial charge in [0.15, 0.2) is 19.7 Å². The molecule has 1 unspecified atom stereocenters. The van der Waals surface area contributed by atoms with Crippen LogP contribution in [0.4, 0.5) is 0 Å². The summed E-state index contributed by atoms with van der Waals surface area (Å²) in [5, 5.41) is 3.07. The van der Waals surface area contributed by atoms with Gasteiger partial charge in [0.1, 0.15) is 0 Å². The number of sulfone groups is 2. The first-order valence-corrected chi connectivity index (χ1v) is 8.17. The lowest BCUT2D eigenvalue weighted by molar-refractivity contribution is 0.462. The Bertz CT molecular complexity index is 413. The largest absolute Gasteiger partial charge is 0.308 e. The molecule has 0 aromatic carbocycles. The SMILES string of the molecule is O=S1(=O)CCC(NC2CS(=O)(=O)C2)C1. The fraction of sp³-hybridized carbons (Fsp3) is 1.00. The number of hydrogen-bond donors (Lipinski definition) is 1. The molecular formula is C7H13NO4S2. The summed E-state index contributed by atoms with van der Waals surface area (Å²) in [5.41, 5.74) is 0. The van der Waals surface area contributed by atoms with Gasteiger partial charge in [-0.05, 0) is 6.42 Å². The van der Waals surface area contributed by atoms with E-state index in [1.54, 1.807) is 0 Å². The first-order chi connectivity index (χ1) is 6.36. The average Bonchev–Trinajstić information content (AvgIpc) is 2.26. The van der Waals surface area contributed by atoms with Gasteiger partial charge in [0.2, 0.25) is 0 Å². The highest BCUT2D eigenvalue weighted by molar-refractivity contribution is 7.93. The van der Waals surface area contributed by atoms with E-state index in [2.05, 4.69) is 5.32 Å². The van der Waals surface area contributed by atoms with Crippen LogP contribution in [0, 0.1) is 0 Å². The summed E-state index contributed by atoms with van der Waals surface area (Å²) >= 11 is 0. The average molecular weight is 239 g/mol. The minimum absolute atomic E-state index is 0.0294. The van der Waals surface area contributed by atoms with Crippen molar-refractivity contribution in [2.75, 3.05) is 23.0 Å². The molecule has 0 aliphatic carbocycles. The predicted octanol–water partition coefficient (Wildman–Crippen LogP) is -1.44. The van der Waals surface area contributed by atoms with E-state index in [9.17, 15) is 16.8 Å². The third kappa shape index (κ3) is 2.26. The molecule has 0 aromatic heterocycles. The van der Waals surface area contributed by atoms with E-state index in [4.69, 9.17) is 0 Å². The first kappa shape index (κ1) is 10.4. The van der Waals surface area contributed by atoms with Crippen LogP contribution in [0.3, 0.4) is 0 Å². The standard InChI is InChI=1S/C7H13NO4S2/c9-13(10)2-1-6(3-13)8-7-4-14(11,12)5-7/h6-8H,1-5H2. The first-order valence-electron chi connectivity index (χ1n) is 4.53. The topological polar surface area (TPSA) is 80.3 Å². The lowest BCUT2D eigenvalue weighted by atomic mass is 10.2. The van der Waals surface area contributed by atoms with Gasteiger partial charge < -0.3 is 5.32 Å². The third-order valence-electron chi connectivity index (χ3n) is 2.61. The van der Waals surface area contributed by atoms with Gasteiger partial charge >= 0.3 is 0 Å². The second-order valence-electron chi connectivity index (χ2n) is 4.04. The molecule has 0 radical (unpaired) electrons. The lowest BCUT2D eigenvalue weighted by Gasteiger charge is -2.29. The summed E-state index contributed by atoms with van der Waals surface area (Å²) in [5.74, 6) is 0.695. The lowest BCUT2D eigenvalue weighted by Crippen LogP contribution is -2.54. The van der Waals surface area contributed by atoms with Crippen molar-refractivity contribution in [3.8, 4) is 0 Å². The zero-order valence-electron chi connectivity index (χ0n) is 7.64. The second kappa shape index (κ2) is 3.18. The fourth-order valence-electron chi connectivity index (χ4n) is 1.92. The Morgan fingerprint density at radius 2 is 1.43 bits per heavy atom. The molecule has 7 heteroatoms. The van der Waals surface area contributed by atoms with Gasteiger partial charge in [-0.2, -0.15) is 0 Å². The monoisotopic (exact) mass is 239 g/mol. The summed E-state index contributed by atoms with van der Waals surface area (Å²) in [6.45, 7) is 0. The van der Waals surface area contributed by atoms with Gasteiger partial charge in [-0.25, -0.2) is 16.8 Å². The van der Waals surface area contributed by atoms with Crippen molar-refractivity contribution in [1.82, 2.24) is 5.32 Å². The van der Waals surface area contributed by atoms with Crippen LogP contribution in [0.2, 0.25) is 0 Å². The van der Waals surface area contributed by atoms with E-state index in [1.165, 1.54) is 0 Å². The minimum Gasteiger partial charge on any atom is -0.308 e. The Kier molecular flexibility index (Phi) is 2.36. The summed E-state index contributed by atoms with van der Waals surface area (Å²) in [6.07, 6.45) is 0.610. The van der Waals surface area contributed by atoms with Crippen LogP contribution in [0.25, 0.3) is 0 Å². The summed E-state index contributed by atoms with van der Waals surface area (Å²) in [4.78, 5) is 0.